The fourth-order valence-corrected chi connectivity index (χ4v) is 3.89. The average molecular weight is 255 g/mol. The zero-order valence-corrected chi connectivity index (χ0v) is 11.9. The molecule has 1 aromatic carbocycles. The van der Waals surface area contributed by atoms with Gasteiger partial charge in [0, 0.05) is 12.6 Å². The van der Waals surface area contributed by atoms with Crippen LogP contribution in [-0.2, 0) is 6.54 Å². The van der Waals surface area contributed by atoms with E-state index in [0.29, 0.717) is 6.04 Å². The van der Waals surface area contributed by atoms with E-state index < -0.39 is 0 Å². The van der Waals surface area contributed by atoms with E-state index in [4.69, 9.17) is 0 Å². The zero-order chi connectivity index (χ0) is 13.1. The van der Waals surface area contributed by atoms with Crippen molar-refractivity contribution in [2.45, 2.75) is 45.2 Å². The Labute approximate surface area is 117 Å². The summed E-state index contributed by atoms with van der Waals surface area (Å²) in [7, 11) is 0. The number of fused-ring (bicyclic) bond motifs is 2. The molecule has 0 amide bonds. The van der Waals surface area contributed by atoms with Crippen LogP contribution in [0.4, 0.5) is 0 Å². The maximum Gasteiger partial charge on any atom is 0.0208 e. The molecule has 0 saturated heterocycles. The number of nitrogens with one attached hydrogen (secondary N) is 1. The number of unbranched alkanes of at least 4 members (excludes halogenated alkanes) is 1. The van der Waals surface area contributed by atoms with Crippen LogP contribution in [0.5, 0.6) is 0 Å². The highest BCUT2D eigenvalue weighted by atomic mass is 14.9. The van der Waals surface area contributed by atoms with Crippen molar-refractivity contribution >= 4 is 0 Å². The molecule has 2 aliphatic carbocycles. The molecule has 0 radical (unpaired) electrons. The first kappa shape index (κ1) is 12.9. The molecule has 19 heavy (non-hydrogen) atoms. The van der Waals surface area contributed by atoms with Gasteiger partial charge in [-0.2, -0.15) is 0 Å². The van der Waals surface area contributed by atoms with E-state index in [1.165, 1.54) is 31.2 Å². The van der Waals surface area contributed by atoms with Crippen molar-refractivity contribution in [3.8, 4) is 0 Å². The molecule has 1 fully saturated rings. The first-order valence-electron chi connectivity index (χ1n) is 7.84. The third-order valence-corrected chi connectivity index (χ3v) is 4.90. The standard InChI is InChI=1S/C18H25N/c1-2-3-9-17-15-10-11-16(12-15)18(17)19-13-14-7-5-4-6-8-14/h4-8,10-11,15-19H,2-3,9,12-13H2,1H3/t15-,16+,17-,18-/m0/s1. The third-order valence-electron chi connectivity index (χ3n) is 4.90. The van der Waals surface area contributed by atoms with Gasteiger partial charge in [-0.15, -0.1) is 0 Å². The van der Waals surface area contributed by atoms with Crippen molar-refractivity contribution in [2.75, 3.05) is 0 Å². The van der Waals surface area contributed by atoms with Crippen LogP contribution in [0.25, 0.3) is 0 Å². The van der Waals surface area contributed by atoms with E-state index in [2.05, 4.69) is 54.7 Å². The molecule has 1 aromatic rings. The molecule has 2 bridgehead atoms. The zero-order valence-electron chi connectivity index (χ0n) is 11.9. The molecule has 0 unspecified atom stereocenters. The summed E-state index contributed by atoms with van der Waals surface area (Å²) in [5.41, 5.74) is 1.41. The van der Waals surface area contributed by atoms with Crippen LogP contribution in [0.3, 0.4) is 0 Å². The molecular formula is C18H25N. The minimum atomic E-state index is 0.710. The highest BCUT2D eigenvalue weighted by Gasteiger charge is 2.43. The minimum absolute atomic E-state index is 0.710. The fourth-order valence-electron chi connectivity index (χ4n) is 3.89. The lowest BCUT2D eigenvalue weighted by Gasteiger charge is -2.29. The summed E-state index contributed by atoms with van der Waals surface area (Å²) in [6, 6.07) is 11.5. The van der Waals surface area contributed by atoms with E-state index in [9.17, 15) is 0 Å². The Balaban J connectivity index is 1.61. The Morgan fingerprint density at radius 1 is 1.11 bits per heavy atom. The van der Waals surface area contributed by atoms with E-state index >= 15 is 0 Å². The Bertz CT molecular complexity index is 423. The normalized spacial score (nSPS) is 32.1. The van der Waals surface area contributed by atoms with Crippen molar-refractivity contribution in [3.05, 3.63) is 48.0 Å². The fraction of sp³-hybridized carbons (Fsp3) is 0.556. The Morgan fingerprint density at radius 2 is 1.89 bits per heavy atom. The summed E-state index contributed by atoms with van der Waals surface area (Å²) >= 11 is 0. The van der Waals surface area contributed by atoms with Gasteiger partial charge in [-0.05, 0) is 36.2 Å². The number of rotatable bonds is 6. The smallest absolute Gasteiger partial charge is 0.0208 e. The second-order valence-electron chi connectivity index (χ2n) is 6.15. The lowest BCUT2D eigenvalue weighted by molar-refractivity contribution is 0.305. The van der Waals surface area contributed by atoms with Crippen LogP contribution in [0.1, 0.15) is 38.2 Å². The van der Waals surface area contributed by atoms with Gasteiger partial charge in [-0.3, -0.25) is 0 Å². The van der Waals surface area contributed by atoms with Crippen LogP contribution in [0.15, 0.2) is 42.5 Å². The predicted octanol–water partition coefficient (Wildman–Crippen LogP) is 4.16. The number of benzene rings is 1. The molecule has 1 saturated carbocycles. The van der Waals surface area contributed by atoms with Crippen molar-refractivity contribution in [1.82, 2.24) is 5.32 Å². The van der Waals surface area contributed by atoms with E-state index in [0.717, 1.165) is 24.3 Å². The molecule has 1 heteroatoms. The van der Waals surface area contributed by atoms with Crippen molar-refractivity contribution < 1.29 is 0 Å². The molecule has 3 rings (SSSR count). The largest absolute Gasteiger partial charge is 0.309 e. The van der Waals surface area contributed by atoms with Gasteiger partial charge in [0.05, 0.1) is 0 Å². The SMILES string of the molecule is CCCC[C@@H]1[C@@H](NCc2ccccc2)[C@@H]2C=C[C@H]1C2. The maximum absolute atomic E-state index is 3.84. The molecule has 1 N–H and O–H groups in total. The molecular weight excluding hydrogens is 230 g/mol. The highest BCUT2D eigenvalue weighted by Crippen LogP contribution is 2.45. The second-order valence-corrected chi connectivity index (χ2v) is 6.15. The van der Waals surface area contributed by atoms with Crippen LogP contribution in [-0.4, -0.2) is 6.04 Å². The Kier molecular flexibility index (Phi) is 4.03. The van der Waals surface area contributed by atoms with E-state index in [1.54, 1.807) is 0 Å². The van der Waals surface area contributed by atoms with Crippen molar-refractivity contribution in [3.63, 3.8) is 0 Å². The van der Waals surface area contributed by atoms with Crippen molar-refractivity contribution in [2.24, 2.45) is 17.8 Å². The van der Waals surface area contributed by atoms with Gasteiger partial charge < -0.3 is 5.32 Å². The van der Waals surface area contributed by atoms with Crippen molar-refractivity contribution in [1.29, 1.82) is 0 Å². The second kappa shape index (κ2) is 5.92. The van der Waals surface area contributed by atoms with Gasteiger partial charge in [0.15, 0.2) is 0 Å². The highest BCUT2D eigenvalue weighted by molar-refractivity contribution is 5.18. The lowest BCUT2D eigenvalue weighted by Crippen LogP contribution is -2.38. The van der Waals surface area contributed by atoms with Gasteiger partial charge in [0.1, 0.15) is 0 Å². The van der Waals surface area contributed by atoms with Crippen LogP contribution < -0.4 is 5.32 Å². The van der Waals surface area contributed by atoms with Crippen LogP contribution in [0, 0.1) is 17.8 Å². The summed E-state index contributed by atoms with van der Waals surface area (Å²) in [5.74, 6) is 2.51. The first-order chi connectivity index (χ1) is 9.38. The summed E-state index contributed by atoms with van der Waals surface area (Å²) < 4.78 is 0. The van der Waals surface area contributed by atoms with E-state index in [1.807, 2.05) is 0 Å². The first-order valence-corrected chi connectivity index (χ1v) is 7.84. The molecule has 4 atom stereocenters. The number of allylic oxidation sites excluding steroid dienone is 1. The lowest BCUT2D eigenvalue weighted by atomic mass is 9.85. The van der Waals surface area contributed by atoms with E-state index in [-0.39, 0.29) is 0 Å². The minimum Gasteiger partial charge on any atom is -0.309 e. The van der Waals surface area contributed by atoms with Gasteiger partial charge in [0.25, 0.3) is 0 Å². The van der Waals surface area contributed by atoms with Crippen LogP contribution >= 0.6 is 0 Å². The molecule has 102 valence electrons. The third kappa shape index (κ3) is 2.76. The quantitative estimate of drug-likeness (QED) is 0.753. The number of hydrogen-bond acceptors (Lipinski definition) is 1. The summed E-state index contributed by atoms with van der Waals surface area (Å²) in [6.07, 6.45) is 10.4. The molecule has 0 aliphatic heterocycles. The molecule has 1 nitrogen and oxygen atoms in total. The maximum atomic E-state index is 3.84. The van der Waals surface area contributed by atoms with Gasteiger partial charge in [-0.25, -0.2) is 0 Å². The molecule has 0 heterocycles. The number of hydrogen-bond donors (Lipinski definition) is 1. The Hall–Kier alpha value is -1.08. The van der Waals surface area contributed by atoms with Gasteiger partial charge >= 0.3 is 0 Å². The summed E-state index contributed by atoms with van der Waals surface area (Å²) in [4.78, 5) is 0. The summed E-state index contributed by atoms with van der Waals surface area (Å²) in [6.45, 7) is 3.32. The monoisotopic (exact) mass is 255 g/mol. The van der Waals surface area contributed by atoms with Crippen LogP contribution in [0.2, 0.25) is 0 Å². The Morgan fingerprint density at radius 3 is 2.68 bits per heavy atom. The van der Waals surface area contributed by atoms with Gasteiger partial charge in [-0.1, -0.05) is 62.2 Å². The molecule has 2 aliphatic rings. The van der Waals surface area contributed by atoms with Gasteiger partial charge in [0.2, 0.25) is 0 Å². The average Bonchev–Trinajstić information content (AvgIpc) is 3.05. The molecule has 0 aromatic heterocycles. The summed E-state index contributed by atoms with van der Waals surface area (Å²) in [5, 5.41) is 3.84. The predicted molar refractivity (Wildman–Crippen MR) is 80.8 cm³/mol. The molecule has 0 spiro atoms. The topological polar surface area (TPSA) is 12.0 Å².